The van der Waals surface area contributed by atoms with E-state index >= 15 is 0 Å². The second-order valence-corrected chi connectivity index (χ2v) is 7.12. The van der Waals surface area contributed by atoms with Crippen LogP contribution in [-0.2, 0) is 10.0 Å². The Morgan fingerprint density at radius 1 is 1.20 bits per heavy atom. The third-order valence-corrected chi connectivity index (χ3v) is 4.91. The highest BCUT2D eigenvalue weighted by atomic mass is 32.2. The lowest BCUT2D eigenvalue weighted by molar-refractivity contribution is 0.370. The molecule has 0 aliphatic heterocycles. The largest absolute Gasteiger partial charge is 0.388 e. The van der Waals surface area contributed by atoms with Gasteiger partial charge in [0.2, 0.25) is 10.0 Å². The van der Waals surface area contributed by atoms with Crippen LogP contribution < -0.4 is 10.0 Å². The van der Waals surface area contributed by atoms with Gasteiger partial charge in [-0.3, -0.25) is 0 Å². The molecule has 0 fully saturated rings. The first-order chi connectivity index (χ1) is 9.17. The fourth-order valence-corrected chi connectivity index (χ4v) is 4.11. The summed E-state index contributed by atoms with van der Waals surface area (Å²) in [5, 5.41) is 3.03. The van der Waals surface area contributed by atoms with E-state index < -0.39 is 10.0 Å². The van der Waals surface area contributed by atoms with E-state index in [1.807, 2.05) is 58.9 Å². The molecule has 0 amide bonds. The SMILES string of the molecule is CNc1cc(C)c(S(=O)(=O)NC(C)CN(C)C)c(C)c1. The Balaban J connectivity index is 3.10. The lowest BCUT2D eigenvalue weighted by Crippen LogP contribution is -2.39. The van der Waals surface area contributed by atoms with Crippen molar-refractivity contribution >= 4 is 15.7 Å². The molecule has 0 aliphatic carbocycles. The molecule has 114 valence electrons. The average Bonchev–Trinajstić information content (AvgIpc) is 2.24. The second-order valence-electron chi connectivity index (χ2n) is 5.47. The van der Waals surface area contributed by atoms with Crippen LogP contribution in [0.2, 0.25) is 0 Å². The van der Waals surface area contributed by atoms with Crippen LogP contribution in [0.1, 0.15) is 18.1 Å². The van der Waals surface area contributed by atoms with Crippen LogP contribution in [0.4, 0.5) is 5.69 Å². The van der Waals surface area contributed by atoms with Gasteiger partial charge in [0.1, 0.15) is 0 Å². The molecular formula is C14H25N3O2S. The molecule has 0 aliphatic rings. The van der Waals surface area contributed by atoms with E-state index in [4.69, 9.17) is 0 Å². The monoisotopic (exact) mass is 299 g/mol. The minimum atomic E-state index is -3.50. The standard InChI is InChI=1S/C14H25N3O2S/c1-10-7-13(15-4)8-11(2)14(10)20(18,19)16-12(3)9-17(5)6/h7-8,12,15-16H,9H2,1-6H3. The predicted molar refractivity (Wildman–Crippen MR) is 83.8 cm³/mol. The van der Waals surface area contributed by atoms with E-state index in [0.717, 1.165) is 16.8 Å². The van der Waals surface area contributed by atoms with Gasteiger partial charge in [-0.15, -0.1) is 0 Å². The van der Waals surface area contributed by atoms with Crippen molar-refractivity contribution in [3.8, 4) is 0 Å². The number of aryl methyl sites for hydroxylation is 2. The first-order valence-corrected chi connectivity index (χ1v) is 8.11. The predicted octanol–water partition coefficient (Wildman–Crippen LogP) is 1.57. The van der Waals surface area contributed by atoms with Crippen molar-refractivity contribution < 1.29 is 8.42 Å². The summed E-state index contributed by atoms with van der Waals surface area (Å²) in [6.07, 6.45) is 0. The summed E-state index contributed by atoms with van der Waals surface area (Å²) < 4.78 is 27.8. The van der Waals surface area contributed by atoms with Gasteiger partial charge in [-0.25, -0.2) is 13.1 Å². The number of hydrogen-bond donors (Lipinski definition) is 2. The number of rotatable bonds is 6. The zero-order chi connectivity index (χ0) is 15.5. The number of likely N-dealkylation sites (N-methyl/N-ethyl adjacent to an activating group) is 1. The van der Waals surface area contributed by atoms with Crippen molar-refractivity contribution in [2.45, 2.75) is 31.7 Å². The summed E-state index contributed by atoms with van der Waals surface area (Å²) in [5.41, 5.74) is 2.41. The number of sulfonamides is 1. The first-order valence-electron chi connectivity index (χ1n) is 6.63. The van der Waals surface area contributed by atoms with E-state index in [-0.39, 0.29) is 6.04 Å². The summed E-state index contributed by atoms with van der Waals surface area (Å²) in [6.45, 7) is 6.16. The molecule has 1 rings (SSSR count). The van der Waals surface area contributed by atoms with E-state index in [1.54, 1.807) is 0 Å². The number of anilines is 1. The Morgan fingerprint density at radius 3 is 2.10 bits per heavy atom. The fourth-order valence-electron chi connectivity index (χ4n) is 2.43. The van der Waals surface area contributed by atoms with Crippen molar-refractivity contribution in [3.05, 3.63) is 23.3 Å². The minimum Gasteiger partial charge on any atom is -0.388 e. The van der Waals surface area contributed by atoms with Gasteiger partial charge in [0.15, 0.2) is 0 Å². The van der Waals surface area contributed by atoms with Crippen molar-refractivity contribution in [3.63, 3.8) is 0 Å². The summed E-state index contributed by atoms with van der Waals surface area (Å²) in [5.74, 6) is 0. The lowest BCUT2D eigenvalue weighted by Gasteiger charge is -2.20. The first kappa shape index (κ1) is 16.9. The van der Waals surface area contributed by atoms with Crippen molar-refractivity contribution in [1.82, 2.24) is 9.62 Å². The van der Waals surface area contributed by atoms with Gasteiger partial charge in [-0.1, -0.05) is 0 Å². The molecule has 20 heavy (non-hydrogen) atoms. The summed E-state index contributed by atoms with van der Waals surface area (Å²) in [4.78, 5) is 2.33. The molecule has 5 nitrogen and oxygen atoms in total. The van der Waals surface area contributed by atoms with Crippen LogP contribution in [0.5, 0.6) is 0 Å². The van der Waals surface area contributed by atoms with Crippen LogP contribution in [0.25, 0.3) is 0 Å². The molecule has 6 heteroatoms. The van der Waals surface area contributed by atoms with Crippen LogP contribution in [0, 0.1) is 13.8 Å². The molecule has 1 aromatic carbocycles. The third kappa shape index (κ3) is 4.19. The van der Waals surface area contributed by atoms with Gasteiger partial charge < -0.3 is 10.2 Å². The Bertz CT molecular complexity index is 545. The highest BCUT2D eigenvalue weighted by Crippen LogP contribution is 2.24. The zero-order valence-corrected chi connectivity index (χ0v) is 13.9. The van der Waals surface area contributed by atoms with Crippen molar-refractivity contribution in [1.29, 1.82) is 0 Å². The molecular weight excluding hydrogens is 274 g/mol. The zero-order valence-electron chi connectivity index (χ0n) is 13.1. The highest BCUT2D eigenvalue weighted by molar-refractivity contribution is 7.89. The quantitative estimate of drug-likeness (QED) is 0.837. The maximum atomic E-state index is 12.5. The second kappa shape index (κ2) is 6.56. The molecule has 0 aromatic heterocycles. The smallest absolute Gasteiger partial charge is 0.241 e. The van der Waals surface area contributed by atoms with Crippen LogP contribution in [-0.4, -0.2) is 47.0 Å². The number of nitrogens with zero attached hydrogens (tertiary/aromatic N) is 1. The third-order valence-electron chi connectivity index (χ3n) is 3.01. The van der Waals surface area contributed by atoms with E-state index in [0.29, 0.717) is 11.4 Å². The van der Waals surface area contributed by atoms with Crippen LogP contribution in [0.15, 0.2) is 17.0 Å². The van der Waals surface area contributed by atoms with Gasteiger partial charge in [0, 0.05) is 25.3 Å². The lowest BCUT2D eigenvalue weighted by atomic mass is 10.1. The topological polar surface area (TPSA) is 61.4 Å². The van der Waals surface area contributed by atoms with Gasteiger partial charge in [0.25, 0.3) is 0 Å². The number of benzene rings is 1. The molecule has 0 radical (unpaired) electrons. The molecule has 0 spiro atoms. The Morgan fingerprint density at radius 2 is 1.70 bits per heavy atom. The van der Waals surface area contributed by atoms with Gasteiger partial charge in [0.05, 0.1) is 4.90 Å². The highest BCUT2D eigenvalue weighted by Gasteiger charge is 2.22. The van der Waals surface area contributed by atoms with Crippen LogP contribution in [0.3, 0.4) is 0 Å². The van der Waals surface area contributed by atoms with E-state index in [2.05, 4.69) is 10.0 Å². The van der Waals surface area contributed by atoms with Gasteiger partial charge in [-0.05, 0) is 58.1 Å². The maximum Gasteiger partial charge on any atom is 0.241 e. The molecule has 1 atom stereocenters. The van der Waals surface area contributed by atoms with E-state index in [9.17, 15) is 8.42 Å². The summed E-state index contributed by atoms with van der Waals surface area (Å²) >= 11 is 0. The minimum absolute atomic E-state index is 0.141. The van der Waals surface area contributed by atoms with Crippen molar-refractivity contribution in [2.24, 2.45) is 0 Å². The molecule has 1 unspecified atom stereocenters. The van der Waals surface area contributed by atoms with Crippen LogP contribution >= 0.6 is 0 Å². The maximum absolute atomic E-state index is 12.5. The van der Waals surface area contributed by atoms with Gasteiger partial charge >= 0.3 is 0 Å². The Labute approximate surface area is 122 Å². The molecule has 0 heterocycles. The van der Waals surface area contributed by atoms with Gasteiger partial charge in [-0.2, -0.15) is 0 Å². The average molecular weight is 299 g/mol. The summed E-state index contributed by atoms with van der Waals surface area (Å²) in [7, 11) is 2.16. The molecule has 0 saturated heterocycles. The molecule has 0 bridgehead atoms. The number of nitrogens with one attached hydrogen (secondary N) is 2. The Kier molecular flexibility index (Phi) is 5.56. The Hall–Kier alpha value is -1.11. The molecule has 2 N–H and O–H groups in total. The fraction of sp³-hybridized carbons (Fsp3) is 0.571. The summed E-state index contributed by atoms with van der Waals surface area (Å²) in [6, 6.07) is 3.55. The molecule has 0 saturated carbocycles. The molecule has 1 aromatic rings. The van der Waals surface area contributed by atoms with E-state index in [1.165, 1.54) is 0 Å². The van der Waals surface area contributed by atoms with Crippen molar-refractivity contribution in [2.75, 3.05) is 33.0 Å². The normalized spacial score (nSPS) is 13.6. The number of hydrogen-bond acceptors (Lipinski definition) is 4.